The lowest BCUT2D eigenvalue weighted by Crippen LogP contribution is -2.37. The molecule has 1 aliphatic heterocycles. The molecule has 8 heteroatoms. The summed E-state index contributed by atoms with van der Waals surface area (Å²) < 4.78 is 1.08. The molecular formula is C25H20ClN5OS. The van der Waals surface area contributed by atoms with Gasteiger partial charge in [-0.15, -0.1) is 0 Å². The summed E-state index contributed by atoms with van der Waals surface area (Å²) in [6.07, 6.45) is 0. The van der Waals surface area contributed by atoms with Gasteiger partial charge in [0, 0.05) is 16.4 Å². The van der Waals surface area contributed by atoms with Crippen molar-refractivity contribution in [2.24, 2.45) is 4.99 Å². The Morgan fingerprint density at radius 1 is 1.00 bits per heavy atom. The number of halogens is 1. The fourth-order valence-corrected chi connectivity index (χ4v) is 4.66. The normalized spacial score (nSPS) is 15.7. The standard InChI is InChI=1S/C25H20ClN5OS/c1-15-21(23(32)28-18-7-3-2-4-8-18)22(16-11-13-17(26)14-12-16)30-24(27-15)31-25-29-19-9-5-6-10-20(19)33-25/h2-14,22H,1H3,(H,28,32)(H2,27,29,30,31). The van der Waals surface area contributed by atoms with Crippen molar-refractivity contribution < 1.29 is 4.79 Å². The number of aliphatic imine (C=N–C) groups is 1. The van der Waals surface area contributed by atoms with Crippen LogP contribution in [0.1, 0.15) is 18.5 Å². The van der Waals surface area contributed by atoms with Crippen LogP contribution in [0.3, 0.4) is 0 Å². The number of anilines is 2. The van der Waals surface area contributed by atoms with E-state index >= 15 is 0 Å². The molecular weight excluding hydrogens is 454 g/mol. The SMILES string of the molecule is CC1=C(C(=O)Nc2ccccc2)C(c2ccc(Cl)cc2)N=C(Nc2nc3ccccc3s2)N1. The number of allylic oxidation sites excluding steroid dienone is 1. The predicted octanol–water partition coefficient (Wildman–Crippen LogP) is 5.97. The second kappa shape index (κ2) is 9.05. The molecule has 3 aromatic carbocycles. The Hall–Kier alpha value is -3.68. The molecule has 0 aliphatic carbocycles. The van der Waals surface area contributed by atoms with Crippen molar-refractivity contribution in [1.29, 1.82) is 0 Å². The van der Waals surface area contributed by atoms with E-state index in [9.17, 15) is 4.79 Å². The van der Waals surface area contributed by atoms with Crippen LogP contribution in [0.15, 0.2) is 95.1 Å². The first kappa shape index (κ1) is 21.2. The van der Waals surface area contributed by atoms with Crippen LogP contribution in [0, 0.1) is 0 Å². The van der Waals surface area contributed by atoms with E-state index in [0.29, 0.717) is 22.3 Å². The fourth-order valence-electron chi connectivity index (χ4n) is 3.67. The number of benzene rings is 3. The van der Waals surface area contributed by atoms with Crippen LogP contribution in [0.4, 0.5) is 10.8 Å². The first-order valence-corrected chi connectivity index (χ1v) is 11.6. The van der Waals surface area contributed by atoms with E-state index in [1.807, 2.05) is 73.7 Å². The number of rotatable bonds is 4. The van der Waals surface area contributed by atoms with Gasteiger partial charge in [-0.05, 0) is 48.9 Å². The monoisotopic (exact) mass is 473 g/mol. The minimum atomic E-state index is -0.510. The van der Waals surface area contributed by atoms with E-state index in [0.717, 1.165) is 26.6 Å². The maximum atomic E-state index is 13.3. The molecule has 0 fully saturated rings. The molecule has 3 N–H and O–H groups in total. The van der Waals surface area contributed by atoms with E-state index in [2.05, 4.69) is 20.9 Å². The molecule has 2 heterocycles. The van der Waals surface area contributed by atoms with Crippen LogP contribution in [-0.2, 0) is 4.79 Å². The van der Waals surface area contributed by atoms with Gasteiger partial charge in [-0.2, -0.15) is 0 Å². The molecule has 1 atom stereocenters. The lowest BCUT2D eigenvalue weighted by atomic mass is 9.95. The summed E-state index contributed by atoms with van der Waals surface area (Å²) in [4.78, 5) is 22.7. The van der Waals surface area contributed by atoms with Crippen molar-refractivity contribution in [3.8, 4) is 0 Å². The van der Waals surface area contributed by atoms with Crippen molar-refractivity contribution in [3.05, 3.63) is 101 Å². The quantitative estimate of drug-likeness (QED) is 0.341. The summed E-state index contributed by atoms with van der Waals surface area (Å²) in [5.41, 5.74) is 3.76. The maximum Gasteiger partial charge on any atom is 0.255 e. The van der Waals surface area contributed by atoms with Gasteiger partial charge in [-0.3, -0.25) is 4.79 Å². The molecule has 0 saturated heterocycles. The maximum absolute atomic E-state index is 13.3. The topological polar surface area (TPSA) is 78.4 Å². The zero-order valence-corrected chi connectivity index (χ0v) is 19.2. The molecule has 5 rings (SSSR count). The van der Waals surface area contributed by atoms with Gasteiger partial charge in [0.05, 0.1) is 15.8 Å². The minimum absolute atomic E-state index is 0.214. The lowest BCUT2D eigenvalue weighted by molar-refractivity contribution is -0.113. The molecule has 33 heavy (non-hydrogen) atoms. The number of aromatic nitrogens is 1. The van der Waals surface area contributed by atoms with Gasteiger partial charge in [0.1, 0.15) is 6.04 Å². The molecule has 0 spiro atoms. The molecule has 4 aromatic rings. The molecule has 6 nitrogen and oxygen atoms in total. The number of fused-ring (bicyclic) bond motifs is 1. The van der Waals surface area contributed by atoms with Gasteiger partial charge >= 0.3 is 0 Å². The summed E-state index contributed by atoms with van der Waals surface area (Å²) in [5, 5.41) is 10.8. The van der Waals surface area contributed by atoms with Gasteiger partial charge in [0.2, 0.25) is 5.96 Å². The number of carbonyl (C=O) groups excluding carboxylic acids is 1. The van der Waals surface area contributed by atoms with Crippen molar-refractivity contribution >= 4 is 55.8 Å². The highest BCUT2D eigenvalue weighted by Crippen LogP contribution is 2.33. The van der Waals surface area contributed by atoms with Crippen LogP contribution in [0.5, 0.6) is 0 Å². The zero-order chi connectivity index (χ0) is 22.8. The van der Waals surface area contributed by atoms with Crippen LogP contribution in [0.25, 0.3) is 10.2 Å². The third-order valence-corrected chi connectivity index (χ3v) is 6.43. The van der Waals surface area contributed by atoms with Crippen molar-refractivity contribution in [3.63, 3.8) is 0 Å². The highest BCUT2D eigenvalue weighted by molar-refractivity contribution is 7.22. The Labute approximate surface area is 200 Å². The Morgan fingerprint density at radius 3 is 2.48 bits per heavy atom. The number of para-hydroxylation sites is 2. The van der Waals surface area contributed by atoms with Crippen LogP contribution in [0.2, 0.25) is 5.02 Å². The largest absolute Gasteiger partial charge is 0.329 e. The highest BCUT2D eigenvalue weighted by Gasteiger charge is 2.29. The summed E-state index contributed by atoms with van der Waals surface area (Å²) in [5.74, 6) is 0.316. The number of thiazole rings is 1. The Kier molecular flexibility index (Phi) is 5.81. The molecule has 0 radical (unpaired) electrons. The average molecular weight is 474 g/mol. The Bertz CT molecular complexity index is 1350. The summed E-state index contributed by atoms with van der Waals surface area (Å²) in [6, 6.07) is 24.2. The van der Waals surface area contributed by atoms with Crippen molar-refractivity contribution in [2.75, 3.05) is 10.6 Å². The smallest absolute Gasteiger partial charge is 0.255 e. The van der Waals surface area contributed by atoms with Gasteiger partial charge in [-0.25, -0.2) is 9.98 Å². The minimum Gasteiger partial charge on any atom is -0.329 e. The second-order valence-electron chi connectivity index (χ2n) is 7.53. The van der Waals surface area contributed by atoms with E-state index in [1.165, 1.54) is 0 Å². The fraction of sp³-hybridized carbons (Fsp3) is 0.0800. The molecule has 164 valence electrons. The molecule has 1 unspecified atom stereocenters. The molecule has 0 bridgehead atoms. The number of hydrogen-bond donors (Lipinski definition) is 3. The van der Waals surface area contributed by atoms with Gasteiger partial charge in [0.15, 0.2) is 5.13 Å². The first-order valence-electron chi connectivity index (χ1n) is 10.4. The van der Waals surface area contributed by atoms with Crippen molar-refractivity contribution in [2.45, 2.75) is 13.0 Å². The summed E-state index contributed by atoms with van der Waals surface area (Å²) >= 11 is 7.65. The van der Waals surface area contributed by atoms with E-state index < -0.39 is 6.04 Å². The molecule has 1 aliphatic rings. The Morgan fingerprint density at radius 2 is 1.73 bits per heavy atom. The van der Waals surface area contributed by atoms with Crippen LogP contribution < -0.4 is 16.0 Å². The summed E-state index contributed by atoms with van der Waals surface area (Å²) in [7, 11) is 0. The number of nitrogens with zero attached hydrogens (tertiary/aromatic N) is 2. The first-order chi connectivity index (χ1) is 16.1. The van der Waals surface area contributed by atoms with Gasteiger partial charge in [0.25, 0.3) is 5.91 Å². The molecule has 0 saturated carbocycles. The second-order valence-corrected chi connectivity index (χ2v) is 8.99. The molecule has 1 aromatic heterocycles. The van der Waals surface area contributed by atoms with Crippen molar-refractivity contribution in [1.82, 2.24) is 10.3 Å². The lowest BCUT2D eigenvalue weighted by Gasteiger charge is -2.26. The third-order valence-electron chi connectivity index (χ3n) is 5.22. The summed E-state index contributed by atoms with van der Waals surface area (Å²) in [6.45, 7) is 1.87. The van der Waals surface area contributed by atoms with E-state index in [1.54, 1.807) is 23.5 Å². The van der Waals surface area contributed by atoms with Gasteiger partial charge < -0.3 is 16.0 Å². The molecule has 1 amide bonds. The number of carbonyl (C=O) groups is 1. The highest BCUT2D eigenvalue weighted by atomic mass is 35.5. The number of guanidine groups is 1. The zero-order valence-electron chi connectivity index (χ0n) is 17.7. The number of hydrogen-bond acceptors (Lipinski definition) is 6. The van der Waals surface area contributed by atoms with E-state index in [-0.39, 0.29) is 5.91 Å². The van der Waals surface area contributed by atoms with Crippen LogP contribution in [-0.4, -0.2) is 16.9 Å². The van der Waals surface area contributed by atoms with Gasteiger partial charge in [-0.1, -0.05) is 65.4 Å². The predicted molar refractivity (Wildman–Crippen MR) is 136 cm³/mol. The number of amides is 1. The average Bonchev–Trinajstić information content (AvgIpc) is 3.22. The Balaban J connectivity index is 1.48. The van der Waals surface area contributed by atoms with E-state index in [4.69, 9.17) is 16.6 Å². The number of nitrogens with one attached hydrogen (secondary N) is 3. The third kappa shape index (κ3) is 4.60. The van der Waals surface area contributed by atoms with Crippen LogP contribution >= 0.6 is 22.9 Å².